The quantitative estimate of drug-likeness (QED) is 0.784. The van der Waals surface area contributed by atoms with E-state index in [9.17, 15) is 18.0 Å². The van der Waals surface area contributed by atoms with Crippen LogP contribution in [0, 0.1) is 5.92 Å². The Morgan fingerprint density at radius 2 is 2.19 bits per heavy atom. The lowest BCUT2D eigenvalue weighted by atomic mass is 10.1. The van der Waals surface area contributed by atoms with Crippen LogP contribution in [-0.2, 0) is 26.2 Å². The summed E-state index contributed by atoms with van der Waals surface area (Å²) in [6.07, 6.45) is 0.457. The Kier molecular flexibility index (Phi) is 4.64. The zero-order chi connectivity index (χ0) is 15.6. The van der Waals surface area contributed by atoms with Crippen LogP contribution < -0.4 is 11.1 Å². The number of primary amides is 1. The summed E-state index contributed by atoms with van der Waals surface area (Å²) in [4.78, 5) is 22.7. The van der Waals surface area contributed by atoms with Gasteiger partial charge in [0.1, 0.15) is 4.21 Å². The highest BCUT2D eigenvalue weighted by Gasteiger charge is 2.35. The van der Waals surface area contributed by atoms with Gasteiger partial charge in [0.15, 0.2) is 0 Å². The lowest BCUT2D eigenvalue weighted by molar-refractivity contribution is -0.121. The maximum atomic E-state index is 12.5. The number of nitrogens with one attached hydrogen (secondary N) is 1. The van der Waals surface area contributed by atoms with E-state index in [2.05, 4.69) is 5.32 Å². The van der Waals surface area contributed by atoms with E-state index in [-0.39, 0.29) is 16.7 Å². The SMILES string of the molecule is CC(=O)NCc1ccc(S(=O)(=O)N2CC[C@@H](C(N)=O)C2)s1. The number of carbonyl (C=O) groups excluding carboxylic acids is 2. The van der Waals surface area contributed by atoms with Crippen molar-refractivity contribution in [2.75, 3.05) is 13.1 Å². The lowest BCUT2D eigenvalue weighted by Gasteiger charge is -2.14. The highest BCUT2D eigenvalue weighted by atomic mass is 32.2. The van der Waals surface area contributed by atoms with E-state index >= 15 is 0 Å². The van der Waals surface area contributed by atoms with Crippen molar-refractivity contribution >= 4 is 33.2 Å². The van der Waals surface area contributed by atoms with Gasteiger partial charge in [-0.15, -0.1) is 11.3 Å². The zero-order valence-corrected chi connectivity index (χ0v) is 13.2. The van der Waals surface area contributed by atoms with Crippen molar-refractivity contribution in [2.45, 2.75) is 24.1 Å². The molecule has 0 bridgehead atoms. The molecular weight excluding hydrogens is 314 g/mol. The van der Waals surface area contributed by atoms with Crippen LogP contribution in [0.5, 0.6) is 0 Å². The number of nitrogens with zero attached hydrogens (tertiary/aromatic N) is 1. The second-order valence-corrected chi connectivity index (χ2v) is 8.21. The molecule has 1 aromatic rings. The molecule has 3 N–H and O–H groups in total. The average molecular weight is 331 g/mol. The minimum absolute atomic E-state index is 0.136. The molecule has 2 heterocycles. The fraction of sp³-hybridized carbons (Fsp3) is 0.500. The molecule has 1 saturated heterocycles. The van der Waals surface area contributed by atoms with Crippen LogP contribution in [0.25, 0.3) is 0 Å². The van der Waals surface area contributed by atoms with Crippen molar-refractivity contribution in [3.8, 4) is 0 Å². The van der Waals surface area contributed by atoms with E-state index in [1.165, 1.54) is 17.3 Å². The van der Waals surface area contributed by atoms with Crippen molar-refractivity contribution in [3.63, 3.8) is 0 Å². The molecule has 0 aromatic carbocycles. The Bertz CT molecular complexity index is 653. The fourth-order valence-electron chi connectivity index (χ4n) is 2.11. The smallest absolute Gasteiger partial charge is 0.252 e. The third-order valence-corrected chi connectivity index (χ3v) is 6.71. The van der Waals surface area contributed by atoms with E-state index in [0.717, 1.165) is 16.2 Å². The summed E-state index contributed by atoms with van der Waals surface area (Å²) >= 11 is 1.12. The van der Waals surface area contributed by atoms with Crippen molar-refractivity contribution in [1.82, 2.24) is 9.62 Å². The summed E-state index contributed by atoms with van der Waals surface area (Å²) in [7, 11) is -3.59. The molecule has 0 aliphatic carbocycles. The lowest BCUT2D eigenvalue weighted by Crippen LogP contribution is -2.31. The molecule has 1 aliphatic heterocycles. The maximum absolute atomic E-state index is 12.5. The number of rotatable bonds is 5. The summed E-state index contributed by atoms with van der Waals surface area (Å²) in [5, 5.41) is 2.62. The molecule has 0 radical (unpaired) electrons. The molecule has 1 aromatic heterocycles. The Balaban J connectivity index is 2.10. The molecule has 0 saturated carbocycles. The molecular formula is C12H17N3O4S2. The van der Waals surface area contributed by atoms with Gasteiger partial charge in [-0.3, -0.25) is 9.59 Å². The van der Waals surface area contributed by atoms with E-state index in [1.807, 2.05) is 0 Å². The molecule has 1 atom stereocenters. The highest BCUT2D eigenvalue weighted by molar-refractivity contribution is 7.91. The van der Waals surface area contributed by atoms with Crippen LogP contribution in [0.2, 0.25) is 0 Å². The number of nitrogens with two attached hydrogens (primary N) is 1. The van der Waals surface area contributed by atoms with Gasteiger partial charge in [0.25, 0.3) is 10.0 Å². The van der Waals surface area contributed by atoms with Gasteiger partial charge >= 0.3 is 0 Å². The molecule has 1 aliphatic rings. The van der Waals surface area contributed by atoms with Crippen LogP contribution >= 0.6 is 11.3 Å². The first-order valence-electron chi connectivity index (χ1n) is 6.43. The molecule has 0 spiro atoms. The third-order valence-electron chi connectivity index (χ3n) is 3.30. The molecule has 1 fully saturated rings. The normalized spacial score (nSPS) is 19.6. The van der Waals surface area contributed by atoms with Crippen molar-refractivity contribution in [2.24, 2.45) is 11.7 Å². The van der Waals surface area contributed by atoms with Crippen molar-refractivity contribution < 1.29 is 18.0 Å². The summed E-state index contributed by atoms with van der Waals surface area (Å²) in [6, 6.07) is 3.20. The van der Waals surface area contributed by atoms with Gasteiger partial charge in [-0.25, -0.2) is 8.42 Å². The Morgan fingerprint density at radius 3 is 2.76 bits per heavy atom. The third kappa shape index (κ3) is 3.60. The van der Waals surface area contributed by atoms with Gasteiger partial charge in [0.2, 0.25) is 11.8 Å². The van der Waals surface area contributed by atoms with Crippen LogP contribution in [-0.4, -0.2) is 37.6 Å². The topological polar surface area (TPSA) is 110 Å². The summed E-state index contributed by atoms with van der Waals surface area (Å²) in [6.45, 7) is 2.14. The van der Waals surface area contributed by atoms with Crippen LogP contribution in [0.15, 0.2) is 16.3 Å². The molecule has 2 amide bonds. The first-order chi connectivity index (χ1) is 9.80. The van der Waals surface area contributed by atoms with E-state index in [4.69, 9.17) is 5.73 Å². The molecule has 21 heavy (non-hydrogen) atoms. The van der Waals surface area contributed by atoms with Crippen LogP contribution in [0.4, 0.5) is 0 Å². The predicted molar refractivity (Wildman–Crippen MR) is 77.9 cm³/mol. The minimum Gasteiger partial charge on any atom is -0.369 e. The monoisotopic (exact) mass is 331 g/mol. The number of sulfonamides is 1. The van der Waals surface area contributed by atoms with E-state index in [0.29, 0.717) is 19.5 Å². The predicted octanol–water partition coefficient (Wildman–Crippen LogP) is -0.120. The fourth-order valence-corrected chi connectivity index (χ4v) is 5.06. The number of carbonyl (C=O) groups is 2. The Hall–Kier alpha value is -1.45. The number of hydrogen-bond acceptors (Lipinski definition) is 5. The first kappa shape index (κ1) is 15.9. The number of amides is 2. The Morgan fingerprint density at radius 1 is 1.48 bits per heavy atom. The zero-order valence-electron chi connectivity index (χ0n) is 11.5. The van der Waals surface area contributed by atoms with Gasteiger partial charge in [0.05, 0.1) is 12.5 Å². The van der Waals surface area contributed by atoms with Gasteiger partial charge < -0.3 is 11.1 Å². The van der Waals surface area contributed by atoms with E-state index < -0.39 is 21.8 Å². The molecule has 7 nitrogen and oxygen atoms in total. The maximum Gasteiger partial charge on any atom is 0.252 e. The van der Waals surface area contributed by atoms with Crippen LogP contribution in [0.3, 0.4) is 0 Å². The molecule has 0 unspecified atom stereocenters. The summed E-state index contributed by atoms with van der Waals surface area (Å²) < 4.78 is 26.4. The van der Waals surface area contributed by atoms with Gasteiger partial charge in [-0.05, 0) is 18.6 Å². The summed E-state index contributed by atoms with van der Waals surface area (Å²) in [5.41, 5.74) is 5.22. The number of thiophene rings is 1. The van der Waals surface area contributed by atoms with Crippen LogP contribution in [0.1, 0.15) is 18.2 Å². The van der Waals surface area contributed by atoms with Gasteiger partial charge in [0, 0.05) is 24.9 Å². The summed E-state index contributed by atoms with van der Waals surface area (Å²) in [5.74, 6) is -1.06. The van der Waals surface area contributed by atoms with Crippen molar-refractivity contribution in [3.05, 3.63) is 17.0 Å². The molecule has 2 rings (SSSR count). The second kappa shape index (κ2) is 6.12. The standard InChI is InChI=1S/C12H17N3O4S2/c1-8(16)14-6-10-2-3-11(20-10)21(18,19)15-5-4-9(7-15)12(13)17/h2-3,9H,4-7H2,1H3,(H2,13,17)(H,14,16)/t9-/m1/s1. The first-order valence-corrected chi connectivity index (χ1v) is 8.69. The highest BCUT2D eigenvalue weighted by Crippen LogP contribution is 2.28. The van der Waals surface area contributed by atoms with Gasteiger partial charge in [-0.1, -0.05) is 0 Å². The average Bonchev–Trinajstić information content (AvgIpc) is 3.06. The Labute approximate surface area is 127 Å². The van der Waals surface area contributed by atoms with Crippen molar-refractivity contribution in [1.29, 1.82) is 0 Å². The minimum atomic E-state index is -3.59. The van der Waals surface area contributed by atoms with Gasteiger partial charge in [-0.2, -0.15) is 4.31 Å². The molecule has 9 heteroatoms. The largest absolute Gasteiger partial charge is 0.369 e. The second-order valence-electron chi connectivity index (χ2n) is 4.88. The molecule has 116 valence electrons. The van der Waals surface area contributed by atoms with E-state index in [1.54, 1.807) is 6.07 Å². The number of hydrogen-bond donors (Lipinski definition) is 2.